The van der Waals surface area contributed by atoms with Gasteiger partial charge in [0, 0.05) is 23.1 Å². The first-order chi connectivity index (χ1) is 11.9. The molecule has 1 saturated heterocycles. The van der Waals surface area contributed by atoms with Gasteiger partial charge in [-0.25, -0.2) is 0 Å². The summed E-state index contributed by atoms with van der Waals surface area (Å²) in [7, 11) is -0.380. The Hall–Kier alpha value is 0.0649. The van der Waals surface area contributed by atoms with E-state index in [0.29, 0.717) is 22.2 Å². The van der Waals surface area contributed by atoms with Crippen LogP contribution >= 0.6 is 42.5 Å². The van der Waals surface area contributed by atoms with E-state index in [4.69, 9.17) is 39.5 Å². The molecule has 0 saturated carbocycles. The van der Waals surface area contributed by atoms with Crippen molar-refractivity contribution in [3.8, 4) is 5.75 Å². The van der Waals surface area contributed by atoms with Gasteiger partial charge < -0.3 is 18.8 Å². The van der Waals surface area contributed by atoms with Crippen LogP contribution in [0.5, 0.6) is 5.75 Å². The molecule has 9 heteroatoms. The Balaban J connectivity index is 1.92. The quantitative estimate of drug-likeness (QED) is 0.313. The fourth-order valence-corrected chi connectivity index (χ4v) is 3.46. The number of hydrogen-bond acceptors (Lipinski definition) is 5. The van der Waals surface area contributed by atoms with E-state index in [1.54, 1.807) is 18.2 Å². The van der Waals surface area contributed by atoms with Gasteiger partial charge in [-0.15, -0.1) is 0 Å². The molecule has 2 unspecified atom stereocenters. The van der Waals surface area contributed by atoms with Crippen molar-refractivity contribution in [2.24, 2.45) is 0 Å². The minimum atomic E-state index is -1.42. The molecule has 4 atom stereocenters. The largest absolute Gasteiger partial charge is 0.488 e. The number of aliphatic hydroxyl groups is 1. The fraction of sp³-hybridized carbons (Fsp3) is 0.429. The summed E-state index contributed by atoms with van der Waals surface area (Å²) in [5.41, 5.74) is 0.844. The van der Waals surface area contributed by atoms with Gasteiger partial charge in [-0.3, -0.25) is 0 Å². The van der Waals surface area contributed by atoms with E-state index in [9.17, 15) is 5.11 Å². The molecule has 0 spiro atoms. The van der Waals surface area contributed by atoms with Crippen molar-refractivity contribution in [1.82, 2.24) is 0 Å². The molecule has 0 bridgehead atoms. The highest BCUT2D eigenvalue weighted by atomic mass is 35.5. The standard InChI is InChI=1S/C14H17BCl2O4PS/c1-8(14-12(21-23-22-15)7-13(18)20-14)4-5-19-11-3-2-9(16)6-10(11)17/h2-4,6,12-15,18,22H,5,7H2,1H3/t12-,13?,14+,22?/m0/s1/i15T,22D. The lowest BCUT2D eigenvalue weighted by Gasteiger charge is -2.18. The molecule has 1 aromatic carbocycles. The van der Waals surface area contributed by atoms with Crippen LogP contribution < -0.4 is 4.74 Å². The van der Waals surface area contributed by atoms with Crippen LogP contribution in [0.15, 0.2) is 29.8 Å². The smallest absolute Gasteiger partial charge is 0.158 e. The number of benzene rings is 1. The third-order valence-electron chi connectivity index (χ3n) is 3.27. The molecule has 23 heavy (non-hydrogen) atoms. The normalized spacial score (nSPS) is 27.3. The summed E-state index contributed by atoms with van der Waals surface area (Å²) in [4.78, 5) is 0. The molecule has 1 aromatic rings. The highest BCUT2D eigenvalue weighted by Gasteiger charge is 2.36. The minimum absolute atomic E-state index is 0.272. The SMILES string of the molecule is [2H]P([B][3H])SO[C@H]1CC(O)O[C@@H]1C(C)=CCOc1ccc(Cl)cc1Cl. The number of halogens is 2. The van der Waals surface area contributed by atoms with Gasteiger partial charge in [-0.2, -0.15) is 0 Å². The first kappa shape index (κ1) is 16.5. The summed E-state index contributed by atoms with van der Waals surface area (Å²) in [6.45, 7) is 2.13. The van der Waals surface area contributed by atoms with E-state index < -0.39 is 20.0 Å². The fourth-order valence-electron chi connectivity index (χ4n) is 2.18. The lowest BCUT2D eigenvalue weighted by molar-refractivity contribution is -0.0829. The van der Waals surface area contributed by atoms with Crippen molar-refractivity contribution in [1.29, 1.82) is 2.61 Å². The van der Waals surface area contributed by atoms with Crippen LogP contribution in [0.25, 0.3) is 0 Å². The van der Waals surface area contributed by atoms with E-state index in [1.165, 1.54) is 0 Å². The molecule has 0 amide bonds. The van der Waals surface area contributed by atoms with E-state index in [-0.39, 0.29) is 12.7 Å². The molecule has 0 aliphatic carbocycles. The van der Waals surface area contributed by atoms with Crippen molar-refractivity contribution in [2.75, 3.05) is 6.61 Å². The van der Waals surface area contributed by atoms with Crippen molar-refractivity contribution >= 4 is 50.0 Å². The second-order valence-corrected chi connectivity index (χ2v) is 7.37. The van der Waals surface area contributed by atoms with Crippen LogP contribution in [0.3, 0.4) is 0 Å². The topological polar surface area (TPSA) is 47.9 Å². The molecule has 1 aliphatic rings. The summed E-state index contributed by atoms with van der Waals surface area (Å²) in [6.07, 6.45) is 0.414. The Kier molecular flexibility index (Phi) is 6.84. The predicted molar refractivity (Wildman–Crippen MR) is 99.1 cm³/mol. The molecule has 2 rings (SSSR count). The Morgan fingerprint density at radius 2 is 2.57 bits per heavy atom. The van der Waals surface area contributed by atoms with Crippen molar-refractivity contribution < 1.29 is 18.8 Å². The third kappa shape index (κ3) is 5.82. The summed E-state index contributed by atoms with van der Waals surface area (Å²) < 4.78 is 31.3. The zero-order valence-corrected chi connectivity index (χ0v) is 15.5. The van der Waals surface area contributed by atoms with Gasteiger partial charge in [0.2, 0.25) is 0 Å². The van der Waals surface area contributed by atoms with Crippen LogP contribution in [0, 0.1) is 0 Å². The maximum Gasteiger partial charge on any atom is 0.158 e. The summed E-state index contributed by atoms with van der Waals surface area (Å²) >= 11 is 12.8. The van der Waals surface area contributed by atoms with Crippen LogP contribution in [0.4, 0.5) is 0 Å². The third-order valence-corrected chi connectivity index (χ3v) is 4.74. The first-order valence-electron chi connectivity index (χ1n) is 7.84. The Bertz CT molecular complexity index is 616. The number of aliphatic hydroxyl groups excluding tert-OH is 1. The zero-order chi connectivity index (χ0) is 18.4. The Morgan fingerprint density at radius 1 is 1.74 bits per heavy atom. The summed E-state index contributed by atoms with van der Waals surface area (Å²) in [5.74, 6) is 0.525. The van der Waals surface area contributed by atoms with Gasteiger partial charge in [0.05, 0.1) is 6.30 Å². The number of ether oxygens (including phenoxy) is 2. The average molecular weight is 397 g/mol. The molecule has 0 aromatic heterocycles. The van der Waals surface area contributed by atoms with Crippen LogP contribution in [0.1, 0.15) is 13.3 Å². The van der Waals surface area contributed by atoms with E-state index >= 15 is 0 Å². The average Bonchev–Trinajstić information content (AvgIpc) is 2.95. The van der Waals surface area contributed by atoms with Crippen molar-refractivity contribution in [3.05, 3.63) is 39.9 Å². The highest BCUT2D eigenvalue weighted by molar-refractivity contribution is 8.53. The lowest BCUT2D eigenvalue weighted by Crippen LogP contribution is -2.23. The maximum absolute atomic E-state index is 9.72. The summed E-state index contributed by atoms with van der Waals surface area (Å²) in [5, 5.41) is 10.7. The van der Waals surface area contributed by atoms with Gasteiger partial charge >= 0.3 is 0 Å². The minimum Gasteiger partial charge on any atom is -0.488 e. The molecule has 1 heterocycles. The van der Waals surface area contributed by atoms with Gasteiger partial charge in [0.25, 0.3) is 0 Å². The second-order valence-electron chi connectivity index (χ2n) is 4.90. The van der Waals surface area contributed by atoms with Gasteiger partial charge in [0.1, 0.15) is 32.1 Å². The molecular formula is C14H17BCl2O4PS. The maximum atomic E-state index is 9.72. The molecule has 125 valence electrons. The first-order valence-corrected chi connectivity index (χ1v) is 9.88. The van der Waals surface area contributed by atoms with Crippen molar-refractivity contribution in [2.45, 2.75) is 31.8 Å². The summed E-state index contributed by atoms with van der Waals surface area (Å²) in [6, 6.07) is 4.99. The predicted octanol–water partition coefficient (Wildman–Crippen LogP) is 3.87. The zero-order valence-electron chi connectivity index (χ0n) is 14.3. The van der Waals surface area contributed by atoms with E-state index in [1.807, 2.05) is 13.0 Å². The molecule has 1 fully saturated rings. The molecule has 1 radical (unpaired) electrons. The highest BCUT2D eigenvalue weighted by Crippen LogP contribution is 2.35. The second kappa shape index (κ2) is 9.52. The number of hydrogen-bond donors (Lipinski definition) is 1. The van der Waals surface area contributed by atoms with Crippen molar-refractivity contribution in [3.63, 3.8) is 0 Å². The lowest BCUT2D eigenvalue weighted by atomic mass is 10.1. The van der Waals surface area contributed by atoms with Gasteiger partial charge in [0.15, 0.2) is 6.29 Å². The Labute approximate surface area is 155 Å². The van der Waals surface area contributed by atoms with Gasteiger partial charge in [-0.1, -0.05) is 30.8 Å². The van der Waals surface area contributed by atoms with Crippen LogP contribution in [0.2, 0.25) is 10.0 Å². The molecule has 4 nitrogen and oxygen atoms in total. The molecule has 1 aliphatic heterocycles. The van der Waals surface area contributed by atoms with Crippen LogP contribution in [-0.2, 0) is 8.92 Å². The Morgan fingerprint density at radius 3 is 3.30 bits per heavy atom. The monoisotopic (exact) mass is 396 g/mol. The molecule has 1 N–H and O–H groups in total. The van der Waals surface area contributed by atoms with E-state index in [2.05, 4.69) is 0 Å². The van der Waals surface area contributed by atoms with Crippen LogP contribution in [-0.4, -0.2) is 40.4 Å². The van der Waals surface area contributed by atoms with E-state index in [0.717, 1.165) is 24.8 Å². The molecular weight excluding hydrogens is 377 g/mol. The number of rotatable bonds is 8. The van der Waals surface area contributed by atoms with Gasteiger partial charge in [-0.05, 0) is 38.1 Å².